The topological polar surface area (TPSA) is 62.3 Å². The zero-order chi connectivity index (χ0) is 14.8. The van der Waals surface area contributed by atoms with Gasteiger partial charge in [-0.15, -0.1) is 0 Å². The lowest BCUT2D eigenvalue weighted by Crippen LogP contribution is -2.25. The van der Waals surface area contributed by atoms with E-state index in [9.17, 15) is 0 Å². The van der Waals surface area contributed by atoms with Crippen molar-refractivity contribution in [2.75, 3.05) is 13.7 Å². The third-order valence-electron chi connectivity index (χ3n) is 3.99. The molecule has 1 aromatic carbocycles. The number of ether oxygens (including phenoxy) is 2. The Kier molecular flexibility index (Phi) is 3.84. The minimum Gasteiger partial charge on any atom is -0.493 e. The number of rotatable bonds is 5. The number of aromatic nitrogens is 2. The molecule has 5 nitrogen and oxygen atoms in total. The molecule has 0 saturated carbocycles. The lowest BCUT2D eigenvalue weighted by Gasteiger charge is -2.20. The molecule has 1 aromatic heterocycles. The maximum absolute atomic E-state index is 6.55. The highest BCUT2D eigenvalue weighted by Crippen LogP contribution is 2.41. The van der Waals surface area contributed by atoms with Crippen LogP contribution in [-0.2, 0) is 6.54 Å². The molecule has 0 fully saturated rings. The van der Waals surface area contributed by atoms with Gasteiger partial charge in [0, 0.05) is 18.0 Å². The van der Waals surface area contributed by atoms with Crippen LogP contribution in [0.15, 0.2) is 30.5 Å². The molecule has 1 aliphatic heterocycles. The summed E-state index contributed by atoms with van der Waals surface area (Å²) in [6.45, 7) is 3.56. The highest BCUT2D eigenvalue weighted by molar-refractivity contribution is 5.43. The van der Waals surface area contributed by atoms with Crippen LogP contribution in [0.2, 0.25) is 0 Å². The minimum absolute atomic E-state index is 0.127. The summed E-state index contributed by atoms with van der Waals surface area (Å²) < 4.78 is 13.1. The molecule has 2 unspecified atom stereocenters. The van der Waals surface area contributed by atoms with E-state index in [4.69, 9.17) is 15.2 Å². The van der Waals surface area contributed by atoms with E-state index in [-0.39, 0.29) is 12.0 Å². The predicted molar refractivity (Wildman–Crippen MR) is 80.7 cm³/mol. The average Bonchev–Trinajstić information content (AvgIpc) is 3.10. The normalized spacial score (nSPS) is 18.1. The van der Waals surface area contributed by atoms with Gasteiger partial charge in [0.25, 0.3) is 0 Å². The Balaban J connectivity index is 1.96. The fourth-order valence-electron chi connectivity index (χ4n) is 2.94. The SMILES string of the molecule is CCCn1ncc(OC)c1C(N)C1COc2ccccc21. The van der Waals surface area contributed by atoms with Crippen LogP contribution in [0.1, 0.15) is 36.6 Å². The van der Waals surface area contributed by atoms with Gasteiger partial charge in [-0.05, 0) is 12.5 Å². The van der Waals surface area contributed by atoms with Gasteiger partial charge in [-0.2, -0.15) is 5.10 Å². The van der Waals surface area contributed by atoms with Gasteiger partial charge < -0.3 is 15.2 Å². The Morgan fingerprint density at radius 1 is 1.48 bits per heavy atom. The lowest BCUT2D eigenvalue weighted by molar-refractivity contribution is 0.307. The van der Waals surface area contributed by atoms with Crippen LogP contribution in [0.5, 0.6) is 11.5 Å². The van der Waals surface area contributed by atoms with Crippen molar-refractivity contribution in [2.24, 2.45) is 5.73 Å². The molecule has 112 valence electrons. The van der Waals surface area contributed by atoms with E-state index in [0.29, 0.717) is 6.61 Å². The second kappa shape index (κ2) is 5.77. The molecule has 0 aliphatic carbocycles. The number of fused-ring (bicyclic) bond motifs is 1. The van der Waals surface area contributed by atoms with Crippen molar-refractivity contribution in [3.8, 4) is 11.5 Å². The van der Waals surface area contributed by atoms with Gasteiger partial charge in [-0.25, -0.2) is 0 Å². The molecule has 0 spiro atoms. The quantitative estimate of drug-likeness (QED) is 0.917. The third kappa shape index (κ3) is 2.38. The van der Waals surface area contributed by atoms with Crippen molar-refractivity contribution in [3.63, 3.8) is 0 Å². The molecule has 2 N–H and O–H groups in total. The van der Waals surface area contributed by atoms with E-state index >= 15 is 0 Å². The predicted octanol–water partition coefficient (Wildman–Crippen LogP) is 2.48. The molecule has 5 heteroatoms. The Labute approximate surface area is 124 Å². The monoisotopic (exact) mass is 287 g/mol. The van der Waals surface area contributed by atoms with Crippen molar-refractivity contribution in [3.05, 3.63) is 41.7 Å². The molecule has 2 aromatic rings. The molecule has 21 heavy (non-hydrogen) atoms. The highest BCUT2D eigenvalue weighted by Gasteiger charge is 2.33. The summed E-state index contributed by atoms with van der Waals surface area (Å²) in [4.78, 5) is 0. The van der Waals surface area contributed by atoms with Gasteiger partial charge >= 0.3 is 0 Å². The van der Waals surface area contributed by atoms with Crippen LogP contribution >= 0.6 is 0 Å². The zero-order valence-corrected chi connectivity index (χ0v) is 12.5. The summed E-state index contributed by atoms with van der Waals surface area (Å²) in [6.07, 6.45) is 2.74. The van der Waals surface area contributed by atoms with E-state index < -0.39 is 0 Å². The van der Waals surface area contributed by atoms with Gasteiger partial charge in [-0.3, -0.25) is 4.68 Å². The molecule has 3 rings (SSSR count). The maximum atomic E-state index is 6.55. The van der Waals surface area contributed by atoms with Crippen molar-refractivity contribution >= 4 is 0 Å². The lowest BCUT2D eigenvalue weighted by atomic mass is 9.91. The molecule has 0 amide bonds. The molecule has 0 saturated heterocycles. The van der Waals surface area contributed by atoms with Gasteiger partial charge in [0.1, 0.15) is 5.75 Å². The molecular weight excluding hydrogens is 266 g/mol. The standard InChI is InChI=1S/C16H21N3O2/c1-3-8-19-16(14(20-2)9-18-19)15(17)12-10-21-13-7-5-4-6-11(12)13/h4-7,9,12,15H,3,8,10,17H2,1-2H3. The van der Waals surface area contributed by atoms with Crippen LogP contribution < -0.4 is 15.2 Å². The van der Waals surface area contributed by atoms with E-state index in [1.807, 2.05) is 22.9 Å². The Morgan fingerprint density at radius 3 is 3.05 bits per heavy atom. The summed E-state index contributed by atoms with van der Waals surface area (Å²) in [7, 11) is 1.66. The fourth-order valence-corrected chi connectivity index (χ4v) is 2.94. The number of hydrogen-bond acceptors (Lipinski definition) is 4. The van der Waals surface area contributed by atoms with Crippen molar-refractivity contribution < 1.29 is 9.47 Å². The summed E-state index contributed by atoms with van der Waals surface area (Å²) >= 11 is 0. The summed E-state index contributed by atoms with van der Waals surface area (Å²) in [6, 6.07) is 7.88. The highest BCUT2D eigenvalue weighted by atomic mass is 16.5. The molecule has 2 heterocycles. The Morgan fingerprint density at radius 2 is 2.29 bits per heavy atom. The number of para-hydroxylation sites is 1. The van der Waals surface area contributed by atoms with Gasteiger partial charge in [0.15, 0.2) is 5.75 Å². The Hall–Kier alpha value is -2.01. The number of nitrogens with two attached hydrogens (primary N) is 1. The first kappa shape index (κ1) is 13.9. The van der Waals surface area contributed by atoms with Crippen LogP contribution in [-0.4, -0.2) is 23.5 Å². The molecule has 0 bridgehead atoms. The summed E-state index contributed by atoms with van der Waals surface area (Å²) in [5.41, 5.74) is 8.66. The third-order valence-corrected chi connectivity index (χ3v) is 3.99. The first-order valence-electron chi connectivity index (χ1n) is 7.33. The Bertz CT molecular complexity index is 624. The summed E-state index contributed by atoms with van der Waals surface area (Å²) in [5.74, 6) is 1.81. The number of aryl methyl sites for hydroxylation is 1. The second-order valence-corrected chi connectivity index (χ2v) is 5.30. The van der Waals surface area contributed by atoms with Crippen LogP contribution in [0.4, 0.5) is 0 Å². The van der Waals surface area contributed by atoms with Gasteiger partial charge in [-0.1, -0.05) is 25.1 Å². The van der Waals surface area contributed by atoms with Crippen molar-refractivity contribution in [1.82, 2.24) is 9.78 Å². The maximum Gasteiger partial charge on any atom is 0.161 e. The van der Waals surface area contributed by atoms with Crippen LogP contribution in [0.25, 0.3) is 0 Å². The number of hydrogen-bond donors (Lipinski definition) is 1. The minimum atomic E-state index is -0.197. The first-order chi connectivity index (χ1) is 10.3. The first-order valence-corrected chi connectivity index (χ1v) is 7.33. The van der Waals surface area contributed by atoms with Crippen molar-refractivity contribution in [1.29, 1.82) is 0 Å². The number of methoxy groups -OCH3 is 1. The second-order valence-electron chi connectivity index (χ2n) is 5.30. The molecule has 0 radical (unpaired) electrons. The van der Waals surface area contributed by atoms with Gasteiger partial charge in [0.05, 0.1) is 31.6 Å². The van der Waals surface area contributed by atoms with E-state index in [2.05, 4.69) is 18.1 Å². The molecule has 2 atom stereocenters. The summed E-state index contributed by atoms with van der Waals surface area (Å²) in [5, 5.41) is 4.40. The van der Waals surface area contributed by atoms with Gasteiger partial charge in [0.2, 0.25) is 0 Å². The number of benzene rings is 1. The van der Waals surface area contributed by atoms with E-state index in [1.165, 1.54) is 0 Å². The van der Waals surface area contributed by atoms with Crippen LogP contribution in [0.3, 0.4) is 0 Å². The van der Waals surface area contributed by atoms with E-state index in [0.717, 1.165) is 35.7 Å². The van der Waals surface area contributed by atoms with E-state index in [1.54, 1.807) is 13.3 Å². The average molecular weight is 287 g/mol. The van der Waals surface area contributed by atoms with Crippen LogP contribution in [0, 0.1) is 0 Å². The van der Waals surface area contributed by atoms with Crippen molar-refractivity contribution in [2.45, 2.75) is 31.8 Å². The zero-order valence-electron chi connectivity index (χ0n) is 12.5. The molecule has 1 aliphatic rings. The largest absolute Gasteiger partial charge is 0.493 e. The smallest absolute Gasteiger partial charge is 0.161 e. The number of nitrogens with zero attached hydrogens (tertiary/aromatic N) is 2. The molecular formula is C16H21N3O2. The fraction of sp³-hybridized carbons (Fsp3) is 0.438.